The number of nitrogens with two attached hydrogens (primary N) is 1. The minimum Gasteiger partial charge on any atom is -0.493 e. The van der Waals surface area contributed by atoms with Gasteiger partial charge in [0.1, 0.15) is 0 Å². The number of ether oxygens (including phenoxy) is 3. The molecule has 0 saturated carbocycles. The summed E-state index contributed by atoms with van der Waals surface area (Å²) in [6.45, 7) is 0.525. The lowest BCUT2D eigenvalue weighted by atomic mass is 9.93. The van der Waals surface area contributed by atoms with Crippen molar-refractivity contribution < 1.29 is 14.2 Å². The summed E-state index contributed by atoms with van der Waals surface area (Å²) >= 11 is 0. The van der Waals surface area contributed by atoms with Crippen LogP contribution in [0.3, 0.4) is 0 Å². The molecule has 4 rings (SSSR count). The fourth-order valence-corrected chi connectivity index (χ4v) is 3.52. The van der Waals surface area contributed by atoms with E-state index in [4.69, 9.17) is 24.9 Å². The number of nitrogens with zero attached hydrogens (tertiary/aromatic N) is 2. The second-order valence-electron chi connectivity index (χ2n) is 6.38. The lowest BCUT2D eigenvalue weighted by Gasteiger charge is -2.16. The number of aromatic nitrogens is 1. The number of anilines is 1. The second kappa shape index (κ2) is 7.23. The van der Waals surface area contributed by atoms with Crippen molar-refractivity contribution >= 4 is 11.4 Å². The van der Waals surface area contributed by atoms with Crippen LogP contribution in [-0.2, 0) is 6.54 Å². The minimum atomic E-state index is 0.525. The topological polar surface area (TPSA) is 79.0 Å². The van der Waals surface area contributed by atoms with E-state index in [-0.39, 0.29) is 0 Å². The number of methoxy groups -OCH3 is 3. The second-order valence-corrected chi connectivity index (χ2v) is 6.38. The van der Waals surface area contributed by atoms with Gasteiger partial charge >= 0.3 is 0 Å². The zero-order chi connectivity index (χ0) is 19.7. The molecular formula is C22H21N3O3. The molecule has 28 heavy (non-hydrogen) atoms. The third-order valence-corrected chi connectivity index (χ3v) is 4.79. The summed E-state index contributed by atoms with van der Waals surface area (Å²) in [5, 5.41) is 0. The lowest BCUT2D eigenvalue weighted by molar-refractivity contribution is 0.324. The van der Waals surface area contributed by atoms with Crippen LogP contribution < -0.4 is 19.9 Å². The van der Waals surface area contributed by atoms with Crippen LogP contribution in [-0.4, -0.2) is 32.0 Å². The van der Waals surface area contributed by atoms with Gasteiger partial charge in [0, 0.05) is 23.0 Å². The number of hydrogen-bond acceptors (Lipinski definition) is 6. The summed E-state index contributed by atoms with van der Waals surface area (Å²) in [7, 11) is 4.79. The van der Waals surface area contributed by atoms with Crippen LogP contribution in [0.25, 0.3) is 11.1 Å². The summed E-state index contributed by atoms with van der Waals surface area (Å²) in [6, 6.07) is 13.6. The largest absolute Gasteiger partial charge is 0.493 e. The molecule has 2 heterocycles. The van der Waals surface area contributed by atoms with E-state index in [0.717, 1.165) is 33.7 Å². The Hall–Kier alpha value is -3.54. The number of rotatable bonds is 5. The lowest BCUT2D eigenvalue weighted by Crippen LogP contribution is -2.06. The average molecular weight is 375 g/mol. The summed E-state index contributed by atoms with van der Waals surface area (Å²) < 4.78 is 16.4. The molecule has 0 spiro atoms. The highest BCUT2D eigenvalue weighted by Crippen LogP contribution is 2.40. The van der Waals surface area contributed by atoms with Crippen molar-refractivity contribution in [2.45, 2.75) is 6.54 Å². The van der Waals surface area contributed by atoms with Gasteiger partial charge in [-0.2, -0.15) is 0 Å². The Morgan fingerprint density at radius 3 is 2.29 bits per heavy atom. The maximum Gasteiger partial charge on any atom is 0.203 e. The van der Waals surface area contributed by atoms with Crippen molar-refractivity contribution in [1.82, 2.24) is 4.98 Å². The van der Waals surface area contributed by atoms with Crippen molar-refractivity contribution in [1.29, 1.82) is 0 Å². The van der Waals surface area contributed by atoms with Gasteiger partial charge in [0.05, 0.1) is 39.3 Å². The number of hydrogen-bond donors (Lipinski definition) is 1. The molecule has 2 N–H and O–H groups in total. The fourth-order valence-electron chi connectivity index (χ4n) is 3.52. The molecule has 0 fully saturated rings. The van der Waals surface area contributed by atoms with E-state index in [2.05, 4.69) is 4.98 Å². The zero-order valence-corrected chi connectivity index (χ0v) is 16.0. The molecule has 0 atom stereocenters. The Kier molecular flexibility index (Phi) is 4.61. The van der Waals surface area contributed by atoms with E-state index < -0.39 is 0 Å². The third kappa shape index (κ3) is 2.93. The van der Waals surface area contributed by atoms with Gasteiger partial charge in [0.15, 0.2) is 11.5 Å². The Labute approximate surface area is 163 Å². The van der Waals surface area contributed by atoms with Crippen LogP contribution in [0.2, 0.25) is 0 Å². The Balaban J connectivity index is 1.89. The van der Waals surface area contributed by atoms with Crippen LogP contribution in [0, 0.1) is 0 Å². The van der Waals surface area contributed by atoms with Crippen LogP contribution in [0.4, 0.5) is 5.69 Å². The molecular weight excluding hydrogens is 354 g/mol. The first-order valence-corrected chi connectivity index (χ1v) is 8.85. The highest BCUT2D eigenvalue weighted by atomic mass is 16.5. The first-order valence-electron chi connectivity index (χ1n) is 8.85. The maximum absolute atomic E-state index is 6.00. The van der Waals surface area contributed by atoms with E-state index in [1.807, 2.05) is 48.7 Å². The monoisotopic (exact) mass is 375 g/mol. The Morgan fingerprint density at radius 1 is 0.893 bits per heavy atom. The van der Waals surface area contributed by atoms with Gasteiger partial charge < -0.3 is 19.9 Å². The van der Waals surface area contributed by atoms with E-state index in [0.29, 0.717) is 29.5 Å². The Bertz CT molecular complexity index is 1050. The van der Waals surface area contributed by atoms with E-state index >= 15 is 0 Å². The summed E-state index contributed by atoms with van der Waals surface area (Å²) in [4.78, 5) is 9.29. The number of benzene rings is 2. The fraction of sp³-hybridized carbons (Fsp3) is 0.182. The van der Waals surface area contributed by atoms with Gasteiger partial charge in [-0.25, -0.2) is 0 Å². The molecule has 0 bridgehead atoms. The SMILES string of the molecule is COc1cc(C2=NCc3nccc(-c4cccc(N)c4)c32)cc(OC)c1OC. The molecule has 1 aliphatic heterocycles. The summed E-state index contributed by atoms with van der Waals surface area (Å²) in [5.74, 6) is 1.72. The quantitative estimate of drug-likeness (QED) is 0.688. The number of pyridine rings is 1. The van der Waals surface area contributed by atoms with E-state index in [1.54, 1.807) is 21.3 Å². The molecule has 0 saturated heterocycles. The first kappa shape index (κ1) is 17.9. The van der Waals surface area contributed by atoms with Gasteiger partial charge in [-0.15, -0.1) is 0 Å². The smallest absolute Gasteiger partial charge is 0.203 e. The van der Waals surface area contributed by atoms with Crippen molar-refractivity contribution in [3.63, 3.8) is 0 Å². The van der Waals surface area contributed by atoms with Gasteiger partial charge in [-0.05, 0) is 41.5 Å². The minimum absolute atomic E-state index is 0.525. The number of aliphatic imine (C=N–C) groups is 1. The molecule has 1 aromatic heterocycles. The molecule has 0 unspecified atom stereocenters. The Morgan fingerprint density at radius 2 is 1.64 bits per heavy atom. The van der Waals surface area contributed by atoms with Gasteiger partial charge in [0.2, 0.25) is 5.75 Å². The number of fused-ring (bicyclic) bond motifs is 1. The normalized spacial score (nSPS) is 12.3. The van der Waals surface area contributed by atoms with Crippen molar-refractivity contribution in [3.8, 4) is 28.4 Å². The number of nitrogen functional groups attached to an aromatic ring is 1. The van der Waals surface area contributed by atoms with Crippen LogP contribution in [0.15, 0.2) is 53.7 Å². The predicted octanol–water partition coefficient (Wildman–Crippen LogP) is 3.71. The third-order valence-electron chi connectivity index (χ3n) is 4.79. The van der Waals surface area contributed by atoms with Crippen molar-refractivity contribution in [2.75, 3.05) is 27.1 Å². The highest BCUT2D eigenvalue weighted by Gasteiger charge is 2.25. The summed E-state index contributed by atoms with van der Waals surface area (Å²) in [5.41, 5.74) is 12.5. The van der Waals surface area contributed by atoms with E-state index in [9.17, 15) is 0 Å². The first-order chi connectivity index (χ1) is 13.7. The molecule has 0 radical (unpaired) electrons. The van der Waals surface area contributed by atoms with Gasteiger partial charge in [-0.1, -0.05) is 12.1 Å². The van der Waals surface area contributed by atoms with Gasteiger partial charge in [-0.3, -0.25) is 9.98 Å². The molecule has 1 aliphatic rings. The maximum atomic E-state index is 6.00. The van der Waals surface area contributed by atoms with Crippen LogP contribution >= 0.6 is 0 Å². The molecule has 6 nitrogen and oxygen atoms in total. The molecule has 142 valence electrons. The molecule has 3 aromatic rings. The highest BCUT2D eigenvalue weighted by molar-refractivity contribution is 6.18. The average Bonchev–Trinajstić information content (AvgIpc) is 3.17. The van der Waals surface area contributed by atoms with Crippen LogP contribution in [0.5, 0.6) is 17.2 Å². The molecule has 0 amide bonds. The van der Waals surface area contributed by atoms with Crippen LogP contribution in [0.1, 0.15) is 16.8 Å². The van der Waals surface area contributed by atoms with Crippen molar-refractivity contribution in [2.24, 2.45) is 4.99 Å². The predicted molar refractivity (Wildman–Crippen MR) is 110 cm³/mol. The molecule has 2 aromatic carbocycles. The molecule has 6 heteroatoms. The van der Waals surface area contributed by atoms with E-state index in [1.165, 1.54) is 0 Å². The molecule has 0 aliphatic carbocycles. The summed E-state index contributed by atoms with van der Waals surface area (Å²) in [6.07, 6.45) is 1.81. The van der Waals surface area contributed by atoms with Crippen molar-refractivity contribution in [3.05, 3.63) is 65.5 Å². The van der Waals surface area contributed by atoms with Gasteiger partial charge in [0.25, 0.3) is 0 Å². The zero-order valence-electron chi connectivity index (χ0n) is 16.0. The standard InChI is InChI=1S/C22H21N3O3/c1-26-18-10-14(11-19(27-2)22(18)28-3)21-20-16(7-8-24-17(20)12-25-21)13-5-4-6-15(23)9-13/h4-11H,12,23H2,1-3H3.